The molecule has 0 aliphatic heterocycles. The molecule has 4 heteroatoms. The maximum atomic E-state index is 12.1. The number of nitrogens with two attached hydrogens (primary N) is 1. The summed E-state index contributed by atoms with van der Waals surface area (Å²) in [4.78, 5) is 12.1. The van der Waals surface area contributed by atoms with Gasteiger partial charge in [-0.1, -0.05) is 50.4 Å². The van der Waals surface area contributed by atoms with Crippen molar-refractivity contribution >= 4 is 23.2 Å². The van der Waals surface area contributed by atoms with Crippen LogP contribution in [0.4, 0.5) is 5.69 Å². The zero-order valence-corrected chi connectivity index (χ0v) is 12.3. The second kappa shape index (κ2) is 5.04. The van der Waals surface area contributed by atoms with E-state index in [0.29, 0.717) is 5.02 Å². The molecule has 1 aromatic carbocycles. The normalized spacial score (nSPS) is 25.8. The van der Waals surface area contributed by atoms with E-state index in [1.165, 1.54) is 0 Å². The van der Waals surface area contributed by atoms with Crippen molar-refractivity contribution in [3.8, 4) is 0 Å². The number of hydrogen-bond donors (Lipinski definition) is 2. The van der Waals surface area contributed by atoms with E-state index in [0.717, 1.165) is 31.4 Å². The molecule has 2 rings (SSSR count). The summed E-state index contributed by atoms with van der Waals surface area (Å²) in [5.41, 5.74) is 5.60. The summed E-state index contributed by atoms with van der Waals surface area (Å²) in [6.45, 7) is 4.20. The Bertz CT molecular complexity index is 487. The molecule has 3 N–H and O–H groups in total. The highest BCUT2D eigenvalue weighted by Gasteiger charge is 2.51. The first-order valence-electron chi connectivity index (χ1n) is 6.72. The van der Waals surface area contributed by atoms with Gasteiger partial charge < -0.3 is 11.1 Å². The molecule has 0 spiro atoms. The van der Waals surface area contributed by atoms with Crippen molar-refractivity contribution in [2.24, 2.45) is 11.1 Å². The third-order valence-electron chi connectivity index (χ3n) is 4.40. The van der Waals surface area contributed by atoms with Crippen molar-refractivity contribution in [2.75, 3.05) is 5.32 Å². The highest BCUT2D eigenvalue weighted by atomic mass is 35.5. The van der Waals surface area contributed by atoms with Crippen LogP contribution < -0.4 is 11.1 Å². The van der Waals surface area contributed by atoms with Gasteiger partial charge in [0.15, 0.2) is 0 Å². The minimum absolute atomic E-state index is 0.184. The van der Waals surface area contributed by atoms with Crippen molar-refractivity contribution in [3.63, 3.8) is 0 Å². The Morgan fingerprint density at radius 3 is 2.47 bits per heavy atom. The van der Waals surface area contributed by atoms with Crippen LogP contribution in [0, 0.1) is 5.41 Å². The van der Waals surface area contributed by atoms with Crippen LogP contribution in [0.5, 0.6) is 0 Å². The second-order valence-corrected chi connectivity index (χ2v) is 6.37. The van der Waals surface area contributed by atoms with Crippen molar-refractivity contribution in [1.29, 1.82) is 0 Å². The molecule has 1 saturated carbocycles. The van der Waals surface area contributed by atoms with E-state index in [-0.39, 0.29) is 11.3 Å². The van der Waals surface area contributed by atoms with Gasteiger partial charge in [-0.3, -0.25) is 4.79 Å². The minimum Gasteiger partial charge on any atom is -0.370 e. The first-order chi connectivity index (χ1) is 8.89. The smallest absolute Gasteiger partial charge is 0.243 e. The second-order valence-electron chi connectivity index (χ2n) is 5.97. The van der Waals surface area contributed by atoms with Crippen LogP contribution in [0.25, 0.3) is 0 Å². The van der Waals surface area contributed by atoms with Gasteiger partial charge in [0.05, 0.1) is 10.7 Å². The summed E-state index contributed by atoms with van der Waals surface area (Å²) in [5.74, 6) is -0.294. The standard InChI is InChI=1S/C15H21ClN2O/c1-14(2)9-5-6-10-15(14,13(17)19)18-12-8-4-3-7-11(12)16/h3-4,7-8,18H,5-6,9-10H2,1-2H3,(H2,17,19). The summed E-state index contributed by atoms with van der Waals surface area (Å²) in [5, 5.41) is 3.96. The van der Waals surface area contributed by atoms with E-state index in [2.05, 4.69) is 19.2 Å². The summed E-state index contributed by atoms with van der Waals surface area (Å²) in [7, 11) is 0. The lowest BCUT2D eigenvalue weighted by Gasteiger charge is -2.49. The lowest BCUT2D eigenvalue weighted by atomic mass is 9.62. The highest BCUT2D eigenvalue weighted by molar-refractivity contribution is 6.33. The highest BCUT2D eigenvalue weighted by Crippen LogP contribution is 2.46. The van der Waals surface area contributed by atoms with Crippen LogP contribution in [0.1, 0.15) is 39.5 Å². The number of para-hydroxylation sites is 1. The van der Waals surface area contributed by atoms with Crippen molar-refractivity contribution < 1.29 is 4.79 Å². The molecule has 0 radical (unpaired) electrons. The third-order valence-corrected chi connectivity index (χ3v) is 4.73. The molecule has 1 atom stereocenters. The van der Waals surface area contributed by atoms with Crippen LogP contribution in [0.2, 0.25) is 5.02 Å². The molecule has 1 aromatic rings. The Kier molecular flexibility index (Phi) is 3.77. The van der Waals surface area contributed by atoms with Gasteiger partial charge in [-0.25, -0.2) is 0 Å². The molecule has 3 nitrogen and oxygen atoms in total. The van der Waals surface area contributed by atoms with Gasteiger partial charge in [0.2, 0.25) is 5.91 Å². The van der Waals surface area contributed by atoms with Crippen LogP contribution >= 0.6 is 11.6 Å². The van der Waals surface area contributed by atoms with E-state index >= 15 is 0 Å². The molecule has 0 saturated heterocycles. The Balaban J connectivity index is 2.41. The van der Waals surface area contributed by atoms with Gasteiger partial charge in [-0.2, -0.15) is 0 Å². The van der Waals surface area contributed by atoms with Gasteiger partial charge in [0.1, 0.15) is 5.54 Å². The predicted octanol–water partition coefficient (Wildman–Crippen LogP) is 3.58. The first-order valence-corrected chi connectivity index (χ1v) is 7.09. The number of halogens is 1. The summed E-state index contributed by atoms with van der Waals surface area (Å²) in [6, 6.07) is 7.47. The molecule has 1 fully saturated rings. The molecule has 1 unspecified atom stereocenters. The van der Waals surface area contributed by atoms with E-state index in [9.17, 15) is 4.79 Å². The van der Waals surface area contributed by atoms with Gasteiger partial charge >= 0.3 is 0 Å². The summed E-state index contributed by atoms with van der Waals surface area (Å²) in [6.07, 6.45) is 3.87. The summed E-state index contributed by atoms with van der Waals surface area (Å²) >= 11 is 6.19. The molecule has 0 aromatic heterocycles. The fraction of sp³-hybridized carbons (Fsp3) is 0.533. The monoisotopic (exact) mass is 280 g/mol. The lowest BCUT2D eigenvalue weighted by Crippen LogP contribution is -2.61. The van der Waals surface area contributed by atoms with E-state index < -0.39 is 5.54 Å². The van der Waals surface area contributed by atoms with Gasteiger partial charge in [-0.05, 0) is 30.4 Å². The third kappa shape index (κ3) is 2.44. The fourth-order valence-electron chi connectivity index (χ4n) is 3.05. The number of primary amides is 1. The molecule has 104 valence electrons. The Hall–Kier alpha value is -1.22. The maximum Gasteiger partial charge on any atom is 0.243 e. The van der Waals surface area contributed by atoms with Gasteiger partial charge in [0.25, 0.3) is 0 Å². The Morgan fingerprint density at radius 1 is 1.26 bits per heavy atom. The topological polar surface area (TPSA) is 55.1 Å². The minimum atomic E-state index is -0.726. The van der Waals surface area contributed by atoms with E-state index in [1.807, 2.05) is 24.3 Å². The number of carbonyl (C=O) groups is 1. The van der Waals surface area contributed by atoms with Crippen molar-refractivity contribution in [2.45, 2.75) is 45.1 Å². The average Bonchev–Trinajstić information content (AvgIpc) is 2.34. The van der Waals surface area contributed by atoms with E-state index in [1.54, 1.807) is 0 Å². The molecule has 1 aliphatic rings. The van der Waals surface area contributed by atoms with E-state index in [4.69, 9.17) is 17.3 Å². The number of amides is 1. The van der Waals surface area contributed by atoms with Crippen LogP contribution in [-0.4, -0.2) is 11.4 Å². The number of hydrogen-bond acceptors (Lipinski definition) is 2. The predicted molar refractivity (Wildman–Crippen MR) is 79.2 cm³/mol. The Labute approximate surface area is 119 Å². The van der Waals surface area contributed by atoms with Crippen LogP contribution in [-0.2, 0) is 4.79 Å². The first kappa shape index (κ1) is 14.2. The molecule has 1 amide bonds. The SMILES string of the molecule is CC1(C)CCCCC1(Nc1ccccc1Cl)C(N)=O. The average molecular weight is 281 g/mol. The van der Waals surface area contributed by atoms with Crippen LogP contribution in [0.3, 0.4) is 0 Å². The molecular formula is C15H21ClN2O. The largest absolute Gasteiger partial charge is 0.370 e. The quantitative estimate of drug-likeness (QED) is 0.889. The fourth-order valence-corrected chi connectivity index (χ4v) is 3.23. The number of nitrogens with one attached hydrogen (secondary N) is 1. The van der Waals surface area contributed by atoms with Gasteiger partial charge in [-0.15, -0.1) is 0 Å². The van der Waals surface area contributed by atoms with Crippen molar-refractivity contribution in [3.05, 3.63) is 29.3 Å². The number of carbonyl (C=O) groups excluding carboxylic acids is 1. The zero-order chi connectivity index (χ0) is 14.1. The zero-order valence-electron chi connectivity index (χ0n) is 11.5. The number of anilines is 1. The number of rotatable bonds is 3. The lowest BCUT2D eigenvalue weighted by molar-refractivity contribution is -0.127. The molecule has 0 bridgehead atoms. The molecule has 0 heterocycles. The molecular weight excluding hydrogens is 260 g/mol. The Morgan fingerprint density at radius 2 is 1.89 bits per heavy atom. The molecule has 1 aliphatic carbocycles. The summed E-state index contributed by atoms with van der Waals surface area (Å²) < 4.78 is 0. The van der Waals surface area contributed by atoms with Gasteiger partial charge in [0, 0.05) is 0 Å². The van der Waals surface area contributed by atoms with Crippen molar-refractivity contribution in [1.82, 2.24) is 0 Å². The molecule has 19 heavy (non-hydrogen) atoms. The number of benzene rings is 1. The van der Waals surface area contributed by atoms with Crippen LogP contribution in [0.15, 0.2) is 24.3 Å². The maximum absolute atomic E-state index is 12.1.